The molecule has 0 aliphatic carbocycles. The molecule has 0 heterocycles. The lowest BCUT2D eigenvalue weighted by Gasteiger charge is -2.18. The number of nitrogens with zero attached hydrogens (tertiary/aromatic N) is 1. The molecular weight excluding hydrogens is 191 g/mol. The highest BCUT2D eigenvalue weighted by Crippen LogP contribution is 2.17. The van der Waals surface area contributed by atoms with Crippen molar-refractivity contribution in [3.05, 3.63) is 0 Å². The Bertz CT molecular complexity index is 145. The molecule has 0 unspecified atom stereocenters. The van der Waals surface area contributed by atoms with Crippen LogP contribution >= 0.6 is 0 Å². The standard InChI is InChI=1S/C4H6F3NOSi2/c1-10-8(11-2)3(9)4(5,6)7/h1-2H3. The van der Waals surface area contributed by atoms with Crippen molar-refractivity contribution in [3.8, 4) is 0 Å². The minimum absolute atomic E-state index is 0.121. The lowest BCUT2D eigenvalue weighted by Crippen LogP contribution is -2.43. The van der Waals surface area contributed by atoms with Crippen LogP contribution in [0, 0.1) is 0 Å². The molecule has 0 spiro atoms. The molecule has 1 amide bonds. The first kappa shape index (κ1) is 10.7. The van der Waals surface area contributed by atoms with Crippen LogP contribution in [0.5, 0.6) is 0 Å². The molecule has 4 radical (unpaired) electrons. The summed E-state index contributed by atoms with van der Waals surface area (Å²) in [5.41, 5.74) is 0. The SMILES string of the molecule is C[Si]N([Si]C)C(=O)C(F)(F)F. The van der Waals surface area contributed by atoms with Crippen molar-refractivity contribution in [3.63, 3.8) is 0 Å². The molecule has 0 aliphatic heterocycles. The summed E-state index contributed by atoms with van der Waals surface area (Å²) in [6, 6.07) is 0. The Morgan fingerprint density at radius 1 is 1.27 bits per heavy atom. The Morgan fingerprint density at radius 2 is 1.64 bits per heavy atom. The maximum absolute atomic E-state index is 11.7. The van der Waals surface area contributed by atoms with Gasteiger partial charge in [-0.25, -0.2) is 0 Å². The van der Waals surface area contributed by atoms with Gasteiger partial charge in [0.1, 0.15) is 0 Å². The monoisotopic (exact) mass is 197 g/mol. The van der Waals surface area contributed by atoms with E-state index in [2.05, 4.69) is 0 Å². The molecule has 0 bridgehead atoms. The van der Waals surface area contributed by atoms with Gasteiger partial charge in [0.15, 0.2) is 19.4 Å². The van der Waals surface area contributed by atoms with E-state index in [1.165, 1.54) is 0 Å². The van der Waals surface area contributed by atoms with E-state index in [9.17, 15) is 18.0 Å². The van der Waals surface area contributed by atoms with Crippen LogP contribution in [-0.2, 0) is 4.79 Å². The molecule has 2 nitrogen and oxygen atoms in total. The molecule has 0 aliphatic rings. The van der Waals surface area contributed by atoms with Gasteiger partial charge in [-0.05, 0) is 0 Å². The first-order chi connectivity index (χ1) is 4.93. The fourth-order valence-electron chi connectivity index (χ4n) is 0.442. The first-order valence-electron chi connectivity index (χ1n) is 2.69. The van der Waals surface area contributed by atoms with Crippen LogP contribution in [0.15, 0.2) is 0 Å². The van der Waals surface area contributed by atoms with E-state index in [0.29, 0.717) is 0 Å². The van der Waals surface area contributed by atoms with Gasteiger partial charge in [-0.1, -0.05) is 13.1 Å². The molecule has 0 rings (SSSR count). The molecule has 0 atom stereocenters. The highest BCUT2D eigenvalue weighted by atomic mass is 28.3. The molecule has 0 N–H and O–H groups in total. The van der Waals surface area contributed by atoms with Gasteiger partial charge in [0, 0.05) is 0 Å². The van der Waals surface area contributed by atoms with E-state index in [1.54, 1.807) is 13.1 Å². The number of hydrogen-bond donors (Lipinski definition) is 0. The predicted octanol–water partition coefficient (Wildman–Crippen LogP) is 0.712. The van der Waals surface area contributed by atoms with Crippen LogP contribution in [0.2, 0.25) is 13.1 Å². The third-order valence-electron chi connectivity index (χ3n) is 0.893. The Hall–Kier alpha value is -0.306. The van der Waals surface area contributed by atoms with Crippen molar-refractivity contribution in [2.45, 2.75) is 19.3 Å². The first-order valence-corrected chi connectivity index (χ1v) is 5.59. The van der Waals surface area contributed by atoms with Crippen molar-refractivity contribution in [1.82, 2.24) is 4.23 Å². The Balaban J connectivity index is 4.22. The number of halogens is 3. The fourth-order valence-corrected chi connectivity index (χ4v) is 2.00. The molecule has 0 aromatic carbocycles. The summed E-state index contributed by atoms with van der Waals surface area (Å²) in [5, 5.41) is 0. The third kappa shape index (κ3) is 3.06. The lowest BCUT2D eigenvalue weighted by molar-refractivity contribution is -0.176. The Labute approximate surface area is 67.6 Å². The van der Waals surface area contributed by atoms with Crippen LogP contribution in [0.3, 0.4) is 0 Å². The molecule has 7 heteroatoms. The average Bonchev–Trinajstić information content (AvgIpc) is 1.88. The van der Waals surface area contributed by atoms with Crippen LogP contribution in [0.4, 0.5) is 13.2 Å². The van der Waals surface area contributed by atoms with Crippen molar-refractivity contribution >= 4 is 25.3 Å². The molecule has 62 valence electrons. The van der Waals surface area contributed by atoms with Gasteiger partial charge in [-0.15, -0.1) is 0 Å². The minimum atomic E-state index is -4.72. The summed E-state index contributed by atoms with van der Waals surface area (Å²) in [6.07, 6.45) is -4.72. The Kier molecular flexibility index (Phi) is 3.80. The molecular formula is C4H6F3NOSi2. The summed E-state index contributed by atoms with van der Waals surface area (Å²) < 4.78 is 35.9. The lowest BCUT2D eigenvalue weighted by atomic mass is 10.6. The Morgan fingerprint density at radius 3 is 1.73 bits per heavy atom. The van der Waals surface area contributed by atoms with Crippen molar-refractivity contribution in [2.75, 3.05) is 0 Å². The summed E-state index contributed by atoms with van der Waals surface area (Å²) >= 11 is 0. The molecule has 0 saturated heterocycles. The number of hydrogen-bond acceptors (Lipinski definition) is 1. The van der Waals surface area contributed by atoms with Crippen LogP contribution in [-0.4, -0.2) is 35.7 Å². The zero-order chi connectivity index (χ0) is 9.07. The zero-order valence-corrected chi connectivity index (χ0v) is 7.99. The van der Waals surface area contributed by atoms with Crippen LogP contribution < -0.4 is 0 Å². The number of amides is 1. The van der Waals surface area contributed by atoms with Gasteiger partial charge >= 0.3 is 12.1 Å². The third-order valence-corrected chi connectivity index (χ3v) is 3.54. The van der Waals surface area contributed by atoms with Crippen LogP contribution in [0.1, 0.15) is 0 Å². The molecule has 11 heavy (non-hydrogen) atoms. The number of carbonyl (C=O) groups excluding carboxylic acids is 1. The van der Waals surface area contributed by atoms with E-state index >= 15 is 0 Å². The van der Waals surface area contributed by atoms with E-state index in [1.807, 2.05) is 0 Å². The van der Waals surface area contributed by atoms with Gasteiger partial charge in [-0.2, -0.15) is 13.2 Å². The maximum atomic E-state index is 11.7. The topological polar surface area (TPSA) is 20.3 Å². The van der Waals surface area contributed by atoms with Crippen LogP contribution in [0.25, 0.3) is 0 Å². The molecule has 0 fully saturated rings. The molecule has 0 aromatic heterocycles. The van der Waals surface area contributed by atoms with Crippen molar-refractivity contribution in [1.29, 1.82) is 0 Å². The second-order valence-electron chi connectivity index (χ2n) is 1.59. The van der Waals surface area contributed by atoms with Gasteiger partial charge < -0.3 is 4.23 Å². The minimum Gasteiger partial charge on any atom is -0.390 e. The van der Waals surface area contributed by atoms with E-state index in [-0.39, 0.29) is 19.4 Å². The maximum Gasteiger partial charge on any atom is 0.469 e. The highest BCUT2D eigenvalue weighted by Gasteiger charge is 2.41. The zero-order valence-electron chi connectivity index (χ0n) is 5.99. The van der Waals surface area contributed by atoms with Gasteiger partial charge in [0.05, 0.1) is 0 Å². The molecule has 0 aromatic rings. The predicted molar refractivity (Wildman–Crippen MR) is 36.1 cm³/mol. The normalized spacial score (nSPS) is 11.4. The summed E-state index contributed by atoms with van der Waals surface area (Å²) in [5.74, 6) is -1.74. The smallest absolute Gasteiger partial charge is 0.390 e. The summed E-state index contributed by atoms with van der Waals surface area (Å²) in [7, 11) is -0.242. The van der Waals surface area contributed by atoms with Gasteiger partial charge in [0.2, 0.25) is 0 Å². The van der Waals surface area contributed by atoms with E-state index < -0.39 is 12.1 Å². The summed E-state index contributed by atoms with van der Waals surface area (Å²) in [4.78, 5) is 10.4. The highest BCUT2D eigenvalue weighted by molar-refractivity contribution is 6.54. The van der Waals surface area contributed by atoms with E-state index in [0.717, 1.165) is 4.23 Å². The second-order valence-corrected chi connectivity index (χ2v) is 3.82. The second kappa shape index (κ2) is 3.91. The van der Waals surface area contributed by atoms with E-state index in [4.69, 9.17) is 0 Å². The number of rotatable bonds is 2. The number of alkyl halides is 3. The average molecular weight is 197 g/mol. The molecule has 0 saturated carbocycles. The fraction of sp³-hybridized carbons (Fsp3) is 0.750. The summed E-state index contributed by atoms with van der Waals surface area (Å²) in [6.45, 7) is 3.08. The van der Waals surface area contributed by atoms with Gasteiger partial charge in [-0.3, -0.25) is 4.79 Å². The van der Waals surface area contributed by atoms with Crippen molar-refractivity contribution in [2.24, 2.45) is 0 Å². The van der Waals surface area contributed by atoms with Gasteiger partial charge in [0.25, 0.3) is 0 Å². The largest absolute Gasteiger partial charge is 0.469 e. The van der Waals surface area contributed by atoms with Crippen molar-refractivity contribution < 1.29 is 18.0 Å². The quantitative estimate of drug-likeness (QED) is 0.597. The number of carbonyl (C=O) groups is 1.